The molecule has 1 aliphatic carbocycles. The molecule has 0 aromatic heterocycles. The van der Waals surface area contributed by atoms with Gasteiger partial charge in [-0.05, 0) is 25.7 Å². The molecule has 0 radical (unpaired) electrons. The van der Waals surface area contributed by atoms with Gasteiger partial charge in [0.15, 0.2) is 0 Å². The number of methoxy groups -OCH3 is 1. The van der Waals surface area contributed by atoms with Crippen molar-refractivity contribution in [3.8, 4) is 0 Å². The summed E-state index contributed by atoms with van der Waals surface area (Å²) in [6.07, 6.45) is 5.59. The highest BCUT2D eigenvalue weighted by Crippen LogP contribution is 2.25. The first-order chi connectivity index (χ1) is 4.33. The fourth-order valence-corrected chi connectivity index (χ4v) is 2.04. The SMILES string of the molecule is COC1CCCC(Br)C1. The number of alkyl halides is 1. The second-order valence-corrected chi connectivity index (χ2v) is 3.92. The Kier molecular flexibility index (Phi) is 2.99. The first-order valence-corrected chi connectivity index (χ1v) is 4.41. The van der Waals surface area contributed by atoms with Gasteiger partial charge in [0.25, 0.3) is 0 Å². The van der Waals surface area contributed by atoms with Gasteiger partial charge in [0, 0.05) is 11.9 Å². The van der Waals surface area contributed by atoms with Gasteiger partial charge >= 0.3 is 0 Å². The molecule has 0 spiro atoms. The Morgan fingerprint density at radius 1 is 1.44 bits per heavy atom. The Bertz CT molecular complexity index is 85.0. The molecule has 2 atom stereocenters. The molecule has 0 aliphatic heterocycles. The van der Waals surface area contributed by atoms with E-state index >= 15 is 0 Å². The summed E-state index contributed by atoms with van der Waals surface area (Å²) in [5, 5.41) is 0. The summed E-state index contributed by atoms with van der Waals surface area (Å²) in [4.78, 5) is 0.705. The lowest BCUT2D eigenvalue weighted by Crippen LogP contribution is -2.21. The van der Waals surface area contributed by atoms with Crippen LogP contribution in [0.3, 0.4) is 0 Å². The fourth-order valence-electron chi connectivity index (χ4n) is 1.30. The number of ether oxygens (including phenoxy) is 1. The van der Waals surface area contributed by atoms with Gasteiger partial charge in [-0.15, -0.1) is 0 Å². The molecule has 0 aromatic carbocycles. The Morgan fingerprint density at radius 2 is 2.22 bits per heavy atom. The molecule has 0 bridgehead atoms. The number of halogens is 1. The molecule has 0 amide bonds. The standard InChI is InChI=1S/C7H13BrO/c1-9-7-4-2-3-6(8)5-7/h6-7H,2-5H2,1H3. The van der Waals surface area contributed by atoms with Crippen LogP contribution < -0.4 is 0 Å². The highest BCUT2D eigenvalue weighted by molar-refractivity contribution is 9.09. The summed E-state index contributed by atoms with van der Waals surface area (Å²) in [6, 6.07) is 0. The molecule has 54 valence electrons. The van der Waals surface area contributed by atoms with E-state index < -0.39 is 0 Å². The monoisotopic (exact) mass is 192 g/mol. The van der Waals surface area contributed by atoms with Crippen LogP contribution in [0.15, 0.2) is 0 Å². The minimum atomic E-state index is 0.517. The van der Waals surface area contributed by atoms with Gasteiger partial charge in [0.1, 0.15) is 0 Å². The maximum absolute atomic E-state index is 5.23. The van der Waals surface area contributed by atoms with E-state index in [1.165, 1.54) is 25.7 Å². The van der Waals surface area contributed by atoms with Crippen LogP contribution in [0.1, 0.15) is 25.7 Å². The van der Waals surface area contributed by atoms with Crippen LogP contribution >= 0.6 is 15.9 Å². The van der Waals surface area contributed by atoms with Crippen molar-refractivity contribution < 1.29 is 4.74 Å². The maximum Gasteiger partial charge on any atom is 0.0582 e. The second-order valence-electron chi connectivity index (χ2n) is 2.62. The van der Waals surface area contributed by atoms with Crippen molar-refractivity contribution in [3.05, 3.63) is 0 Å². The van der Waals surface area contributed by atoms with Crippen LogP contribution in [0.5, 0.6) is 0 Å². The number of hydrogen-bond donors (Lipinski definition) is 0. The van der Waals surface area contributed by atoms with E-state index in [9.17, 15) is 0 Å². The zero-order valence-corrected chi connectivity index (χ0v) is 7.36. The van der Waals surface area contributed by atoms with Crippen LogP contribution in [-0.2, 0) is 4.74 Å². The molecule has 1 nitrogen and oxygen atoms in total. The van der Waals surface area contributed by atoms with Crippen molar-refractivity contribution >= 4 is 15.9 Å². The summed E-state index contributed by atoms with van der Waals surface area (Å²) >= 11 is 3.59. The van der Waals surface area contributed by atoms with Gasteiger partial charge < -0.3 is 4.74 Å². The molecule has 1 fully saturated rings. The molecule has 2 heteroatoms. The van der Waals surface area contributed by atoms with Crippen molar-refractivity contribution in [1.29, 1.82) is 0 Å². The zero-order valence-electron chi connectivity index (χ0n) is 5.77. The number of rotatable bonds is 1. The predicted octanol–water partition coefficient (Wildman–Crippen LogP) is 2.34. The Morgan fingerprint density at radius 3 is 2.67 bits per heavy atom. The van der Waals surface area contributed by atoms with Gasteiger partial charge in [0.05, 0.1) is 6.10 Å². The Labute approximate surface area is 64.9 Å². The van der Waals surface area contributed by atoms with E-state index in [2.05, 4.69) is 15.9 Å². The average molecular weight is 193 g/mol. The van der Waals surface area contributed by atoms with E-state index in [1.807, 2.05) is 0 Å². The highest BCUT2D eigenvalue weighted by Gasteiger charge is 2.18. The largest absolute Gasteiger partial charge is 0.381 e. The summed E-state index contributed by atoms with van der Waals surface area (Å²) in [6.45, 7) is 0. The lowest BCUT2D eigenvalue weighted by atomic mass is 9.98. The molecule has 1 saturated carbocycles. The lowest BCUT2D eigenvalue weighted by Gasteiger charge is -2.23. The first-order valence-electron chi connectivity index (χ1n) is 3.50. The quantitative estimate of drug-likeness (QED) is 0.580. The van der Waals surface area contributed by atoms with Gasteiger partial charge in [-0.3, -0.25) is 0 Å². The molecular formula is C7H13BrO. The van der Waals surface area contributed by atoms with Crippen molar-refractivity contribution in [2.75, 3.05) is 7.11 Å². The van der Waals surface area contributed by atoms with Crippen LogP contribution in [0.2, 0.25) is 0 Å². The van der Waals surface area contributed by atoms with Crippen LogP contribution in [-0.4, -0.2) is 18.0 Å². The summed E-state index contributed by atoms with van der Waals surface area (Å²) in [5.74, 6) is 0. The van der Waals surface area contributed by atoms with Crippen molar-refractivity contribution in [2.45, 2.75) is 36.6 Å². The second kappa shape index (κ2) is 3.57. The molecular weight excluding hydrogens is 180 g/mol. The summed E-state index contributed by atoms with van der Waals surface area (Å²) in [5.41, 5.74) is 0. The van der Waals surface area contributed by atoms with Crippen LogP contribution in [0.25, 0.3) is 0 Å². The van der Waals surface area contributed by atoms with E-state index in [4.69, 9.17) is 4.74 Å². The normalized spacial score (nSPS) is 36.7. The third kappa shape index (κ3) is 2.26. The van der Waals surface area contributed by atoms with E-state index in [1.54, 1.807) is 7.11 Å². The van der Waals surface area contributed by atoms with Gasteiger partial charge in [-0.25, -0.2) is 0 Å². The Balaban J connectivity index is 2.23. The smallest absolute Gasteiger partial charge is 0.0582 e. The average Bonchev–Trinajstić information content (AvgIpc) is 1.88. The molecule has 0 saturated heterocycles. The lowest BCUT2D eigenvalue weighted by molar-refractivity contribution is 0.0737. The molecule has 1 rings (SSSR count). The summed E-state index contributed by atoms with van der Waals surface area (Å²) in [7, 11) is 1.80. The van der Waals surface area contributed by atoms with E-state index in [-0.39, 0.29) is 0 Å². The highest BCUT2D eigenvalue weighted by atomic mass is 79.9. The molecule has 0 N–H and O–H groups in total. The third-order valence-corrected chi connectivity index (χ3v) is 2.73. The molecule has 9 heavy (non-hydrogen) atoms. The molecule has 0 heterocycles. The topological polar surface area (TPSA) is 9.23 Å². The zero-order chi connectivity index (χ0) is 6.69. The fraction of sp³-hybridized carbons (Fsp3) is 1.00. The Hall–Kier alpha value is 0.440. The maximum atomic E-state index is 5.23. The molecule has 2 unspecified atom stereocenters. The minimum Gasteiger partial charge on any atom is -0.381 e. The van der Waals surface area contributed by atoms with E-state index in [0.717, 1.165) is 0 Å². The first kappa shape index (κ1) is 7.55. The van der Waals surface area contributed by atoms with Gasteiger partial charge in [0.2, 0.25) is 0 Å². The molecule has 0 aromatic rings. The van der Waals surface area contributed by atoms with Crippen molar-refractivity contribution in [3.63, 3.8) is 0 Å². The van der Waals surface area contributed by atoms with E-state index in [0.29, 0.717) is 10.9 Å². The minimum absolute atomic E-state index is 0.517. The van der Waals surface area contributed by atoms with Crippen LogP contribution in [0, 0.1) is 0 Å². The molecule has 1 aliphatic rings. The van der Waals surface area contributed by atoms with Crippen molar-refractivity contribution in [2.24, 2.45) is 0 Å². The third-order valence-electron chi connectivity index (χ3n) is 1.90. The van der Waals surface area contributed by atoms with Crippen LogP contribution in [0.4, 0.5) is 0 Å². The predicted molar refractivity (Wildman–Crippen MR) is 42.0 cm³/mol. The van der Waals surface area contributed by atoms with Gasteiger partial charge in [-0.2, -0.15) is 0 Å². The van der Waals surface area contributed by atoms with Gasteiger partial charge in [-0.1, -0.05) is 15.9 Å². The summed E-state index contributed by atoms with van der Waals surface area (Å²) < 4.78 is 5.23. The van der Waals surface area contributed by atoms with Crippen molar-refractivity contribution in [1.82, 2.24) is 0 Å². The number of hydrogen-bond acceptors (Lipinski definition) is 1.